The number of hydrogen-bond donors (Lipinski definition) is 1. The third-order valence-corrected chi connectivity index (χ3v) is 5.57. The van der Waals surface area contributed by atoms with Gasteiger partial charge in [0.05, 0.1) is 18.2 Å². The second kappa shape index (κ2) is 8.62. The highest BCUT2D eigenvalue weighted by Crippen LogP contribution is 2.26. The number of aryl methyl sites for hydroxylation is 1. The van der Waals surface area contributed by atoms with Crippen molar-refractivity contribution < 1.29 is 9.90 Å². The summed E-state index contributed by atoms with van der Waals surface area (Å²) < 4.78 is 2.00. The van der Waals surface area contributed by atoms with Crippen molar-refractivity contribution >= 4 is 5.97 Å². The van der Waals surface area contributed by atoms with Crippen LogP contribution in [0.25, 0.3) is 11.3 Å². The Morgan fingerprint density at radius 2 is 1.97 bits per heavy atom. The third kappa shape index (κ3) is 4.74. The Balaban J connectivity index is 1.62. The number of benzene rings is 2. The Morgan fingerprint density at radius 3 is 2.72 bits per heavy atom. The molecule has 0 saturated carbocycles. The molecule has 3 aromatic rings. The molecule has 1 unspecified atom stereocenters. The molecule has 1 aromatic heterocycles. The van der Waals surface area contributed by atoms with Crippen molar-refractivity contribution in [3.8, 4) is 11.3 Å². The molecule has 1 aliphatic heterocycles. The first-order valence-corrected chi connectivity index (χ1v) is 10.2. The minimum absolute atomic E-state index is 0.273. The largest absolute Gasteiger partial charge is 0.481 e. The fourth-order valence-electron chi connectivity index (χ4n) is 4.11. The van der Waals surface area contributed by atoms with Gasteiger partial charge in [-0.05, 0) is 37.9 Å². The molecule has 2 aromatic carbocycles. The Morgan fingerprint density at radius 1 is 1.14 bits per heavy atom. The van der Waals surface area contributed by atoms with Crippen molar-refractivity contribution in [3.63, 3.8) is 0 Å². The van der Waals surface area contributed by atoms with E-state index in [1.807, 2.05) is 22.9 Å². The van der Waals surface area contributed by atoms with Crippen molar-refractivity contribution in [1.29, 1.82) is 0 Å². The number of aliphatic carboxylic acids is 1. The average molecular weight is 389 g/mol. The normalized spacial score (nSPS) is 17.3. The predicted octanol–water partition coefficient (Wildman–Crippen LogP) is 4.20. The summed E-state index contributed by atoms with van der Waals surface area (Å²) in [7, 11) is 0. The Hall–Kier alpha value is -2.92. The number of likely N-dealkylation sites (tertiary alicyclic amines) is 1. The highest BCUT2D eigenvalue weighted by atomic mass is 16.4. The van der Waals surface area contributed by atoms with Gasteiger partial charge in [0, 0.05) is 30.4 Å². The maximum Gasteiger partial charge on any atom is 0.307 e. The van der Waals surface area contributed by atoms with Crippen molar-refractivity contribution in [2.45, 2.75) is 32.9 Å². The lowest BCUT2D eigenvalue weighted by molar-refractivity contribution is -0.143. The number of piperidine rings is 1. The first kappa shape index (κ1) is 19.4. The summed E-state index contributed by atoms with van der Waals surface area (Å²) in [5.74, 6) is -0.959. The zero-order chi connectivity index (χ0) is 20.2. The Labute approximate surface area is 171 Å². The van der Waals surface area contributed by atoms with Crippen molar-refractivity contribution in [3.05, 3.63) is 77.5 Å². The molecule has 5 heteroatoms. The van der Waals surface area contributed by atoms with Crippen LogP contribution in [0.2, 0.25) is 0 Å². The highest BCUT2D eigenvalue weighted by molar-refractivity contribution is 5.70. The van der Waals surface area contributed by atoms with Crippen LogP contribution < -0.4 is 0 Å². The van der Waals surface area contributed by atoms with Crippen LogP contribution in [0.4, 0.5) is 0 Å². The van der Waals surface area contributed by atoms with Gasteiger partial charge in [0.15, 0.2) is 0 Å². The smallest absolute Gasteiger partial charge is 0.307 e. The van der Waals surface area contributed by atoms with E-state index in [1.165, 1.54) is 11.1 Å². The molecule has 0 aliphatic carbocycles. The summed E-state index contributed by atoms with van der Waals surface area (Å²) in [5.41, 5.74) is 5.66. The molecule has 1 fully saturated rings. The SMILES string of the molecule is Cc1cccc(-c2nn(Cc3ccccc3)cc2CN2CCCC(C(=O)O)C2)c1. The molecular formula is C24H27N3O2. The van der Waals surface area contributed by atoms with E-state index in [1.54, 1.807) is 0 Å². The van der Waals surface area contributed by atoms with E-state index >= 15 is 0 Å². The Bertz CT molecular complexity index is 981. The fraction of sp³-hybridized carbons (Fsp3) is 0.333. The number of carboxylic acid groups (broad SMARTS) is 1. The van der Waals surface area contributed by atoms with Gasteiger partial charge < -0.3 is 5.11 Å². The van der Waals surface area contributed by atoms with E-state index in [9.17, 15) is 9.90 Å². The first-order chi connectivity index (χ1) is 14.1. The van der Waals surface area contributed by atoms with E-state index < -0.39 is 5.97 Å². The summed E-state index contributed by atoms with van der Waals surface area (Å²) >= 11 is 0. The lowest BCUT2D eigenvalue weighted by atomic mass is 9.97. The van der Waals surface area contributed by atoms with Crippen LogP contribution in [-0.2, 0) is 17.9 Å². The minimum atomic E-state index is -0.687. The summed E-state index contributed by atoms with van der Waals surface area (Å²) in [6, 6.07) is 18.7. The van der Waals surface area contributed by atoms with Crippen LogP contribution in [0.5, 0.6) is 0 Å². The van der Waals surface area contributed by atoms with Gasteiger partial charge in [0.1, 0.15) is 0 Å². The quantitative estimate of drug-likeness (QED) is 0.686. The van der Waals surface area contributed by atoms with E-state index in [-0.39, 0.29) is 5.92 Å². The highest BCUT2D eigenvalue weighted by Gasteiger charge is 2.26. The zero-order valence-corrected chi connectivity index (χ0v) is 16.8. The van der Waals surface area contributed by atoms with Gasteiger partial charge in [0.25, 0.3) is 0 Å². The standard InChI is InChI=1S/C24H27N3O2/c1-18-7-5-10-20(13-18)23-22(16-26-12-6-11-21(15-26)24(28)29)17-27(25-23)14-19-8-3-2-4-9-19/h2-5,7-10,13,17,21H,6,11-12,14-16H2,1H3,(H,28,29). The van der Waals surface area contributed by atoms with E-state index in [0.717, 1.165) is 49.3 Å². The fourth-order valence-corrected chi connectivity index (χ4v) is 4.11. The molecule has 4 rings (SSSR count). The number of carbonyl (C=O) groups is 1. The molecule has 1 N–H and O–H groups in total. The summed E-state index contributed by atoms with van der Waals surface area (Å²) in [4.78, 5) is 13.7. The summed E-state index contributed by atoms with van der Waals surface area (Å²) in [5, 5.41) is 14.3. The van der Waals surface area contributed by atoms with Gasteiger partial charge in [-0.15, -0.1) is 0 Å². The first-order valence-electron chi connectivity index (χ1n) is 10.2. The minimum Gasteiger partial charge on any atom is -0.481 e. The molecule has 150 valence electrons. The molecule has 1 atom stereocenters. The topological polar surface area (TPSA) is 58.4 Å². The van der Waals surface area contributed by atoms with Gasteiger partial charge in [0.2, 0.25) is 0 Å². The van der Waals surface area contributed by atoms with Crippen LogP contribution in [-0.4, -0.2) is 38.8 Å². The van der Waals surface area contributed by atoms with Gasteiger partial charge >= 0.3 is 5.97 Å². The molecule has 0 spiro atoms. The molecule has 1 saturated heterocycles. The second-order valence-electron chi connectivity index (χ2n) is 7.97. The van der Waals surface area contributed by atoms with Crippen LogP contribution in [0.15, 0.2) is 60.8 Å². The average Bonchev–Trinajstić information content (AvgIpc) is 3.11. The summed E-state index contributed by atoms with van der Waals surface area (Å²) in [6.45, 7) is 5.07. The maximum absolute atomic E-state index is 11.4. The van der Waals surface area contributed by atoms with E-state index in [0.29, 0.717) is 6.54 Å². The molecule has 5 nitrogen and oxygen atoms in total. The number of nitrogens with zero attached hydrogens (tertiary/aromatic N) is 3. The molecule has 0 amide bonds. The maximum atomic E-state index is 11.4. The van der Waals surface area contributed by atoms with Crippen LogP contribution in [0.3, 0.4) is 0 Å². The van der Waals surface area contributed by atoms with Gasteiger partial charge in [-0.25, -0.2) is 0 Å². The van der Waals surface area contributed by atoms with E-state index in [2.05, 4.69) is 54.4 Å². The van der Waals surface area contributed by atoms with E-state index in [4.69, 9.17) is 5.10 Å². The molecule has 2 heterocycles. The molecular weight excluding hydrogens is 362 g/mol. The molecule has 1 aliphatic rings. The van der Waals surface area contributed by atoms with Crippen LogP contribution in [0, 0.1) is 12.8 Å². The van der Waals surface area contributed by atoms with Crippen molar-refractivity contribution in [1.82, 2.24) is 14.7 Å². The summed E-state index contributed by atoms with van der Waals surface area (Å²) in [6.07, 6.45) is 3.81. The van der Waals surface area contributed by atoms with Gasteiger partial charge in [-0.3, -0.25) is 14.4 Å². The second-order valence-corrected chi connectivity index (χ2v) is 7.97. The van der Waals surface area contributed by atoms with Gasteiger partial charge in [-0.1, -0.05) is 54.1 Å². The monoisotopic (exact) mass is 389 g/mol. The number of rotatable bonds is 6. The lowest BCUT2D eigenvalue weighted by Gasteiger charge is -2.30. The van der Waals surface area contributed by atoms with Crippen LogP contribution in [0.1, 0.15) is 29.5 Å². The number of hydrogen-bond acceptors (Lipinski definition) is 3. The predicted molar refractivity (Wildman–Crippen MR) is 114 cm³/mol. The molecule has 29 heavy (non-hydrogen) atoms. The van der Waals surface area contributed by atoms with Crippen molar-refractivity contribution in [2.24, 2.45) is 5.92 Å². The third-order valence-electron chi connectivity index (χ3n) is 5.57. The van der Waals surface area contributed by atoms with Gasteiger partial charge in [-0.2, -0.15) is 5.10 Å². The number of carboxylic acids is 1. The molecule has 0 radical (unpaired) electrons. The van der Waals surface area contributed by atoms with Crippen LogP contribution >= 0.6 is 0 Å². The zero-order valence-electron chi connectivity index (χ0n) is 16.8. The van der Waals surface area contributed by atoms with Crippen molar-refractivity contribution in [2.75, 3.05) is 13.1 Å². The molecule has 0 bridgehead atoms. The lowest BCUT2D eigenvalue weighted by Crippen LogP contribution is -2.38. The number of aromatic nitrogens is 2. The Kier molecular flexibility index (Phi) is 5.76.